The van der Waals surface area contributed by atoms with E-state index in [-0.39, 0.29) is 23.4 Å². The second-order valence-electron chi connectivity index (χ2n) is 4.20. The molecule has 1 aromatic rings. The molecule has 0 aliphatic heterocycles. The van der Waals surface area contributed by atoms with Crippen molar-refractivity contribution in [3.05, 3.63) is 38.9 Å². The predicted molar refractivity (Wildman–Crippen MR) is 71.9 cm³/mol. The minimum absolute atomic E-state index is 0.0981. The van der Waals surface area contributed by atoms with Gasteiger partial charge in [0.05, 0.1) is 4.92 Å². The summed E-state index contributed by atoms with van der Waals surface area (Å²) in [4.78, 5) is 32.6. The molecule has 7 nitrogen and oxygen atoms in total. The third-order valence-corrected chi connectivity index (χ3v) is 2.89. The van der Waals surface area contributed by atoms with E-state index < -0.39 is 28.5 Å². The van der Waals surface area contributed by atoms with Crippen LogP contribution in [0.4, 0.5) is 5.69 Å². The zero-order valence-corrected chi connectivity index (χ0v) is 11.4. The normalized spacial score (nSPS) is 11.7. The molecule has 1 atom stereocenters. The van der Waals surface area contributed by atoms with Crippen molar-refractivity contribution in [3.8, 4) is 0 Å². The quantitative estimate of drug-likeness (QED) is 0.618. The number of hydrogen-bond acceptors (Lipinski definition) is 4. The number of carboxylic acid groups (broad SMARTS) is 1. The third kappa shape index (κ3) is 4.20. The first-order chi connectivity index (χ1) is 9.32. The van der Waals surface area contributed by atoms with Crippen LogP contribution in [0.25, 0.3) is 0 Å². The summed E-state index contributed by atoms with van der Waals surface area (Å²) in [6, 6.07) is 3.64. The van der Waals surface area contributed by atoms with Crippen LogP contribution < -0.4 is 5.32 Å². The Balaban J connectivity index is 2.85. The summed E-state index contributed by atoms with van der Waals surface area (Å²) in [5.41, 5.74) is -0.609. The smallest absolute Gasteiger partial charge is 0.303 e. The maximum atomic E-state index is 12.0. The maximum Gasteiger partial charge on any atom is 0.303 e. The molecule has 0 aliphatic rings. The molecule has 0 spiro atoms. The van der Waals surface area contributed by atoms with E-state index in [1.807, 2.05) is 0 Å². The van der Waals surface area contributed by atoms with E-state index in [2.05, 4.69) is 5.32 Å². The fourth-order valence-electron chi connectivity index (χ4n) is 1.60. The Morgan fingerprint density at radius 3 is 2.70 bits per heavy atom. The highest BCUT2D eigenvalue weighted by Crippen LogP contribution is 2.28. The van der Waals surface area contributed by atoms with E-state index in [9.17, 15) is 19.7 Å². The average Bonchev–Trinajstić information content (AvgIpc) is 2.35. The van der Waals surface area contributed by atoms with Crippen molar-refractivity contribution in [1.29, 1.82) is 0 Å². The fourth-order valence-corrected chi connectivity index (χ4v) is 1.84. The number of para-hydroxylation sites is 1. The molecule has 0 saturated heterocycles. The summed E-state index contributed by atoms with van der Waals surface area (Å²) in [6.45, 7) is 1.62. The van der Waals surface area contributed by atoms with Crippen LogP contribution in [0.2, 0.25) is 5.02 Å². The summed E-state index contributed by atoms with van der Waals surface area (Å²) in [7, 11) is 0. The van der Waals surface area contributed by atoms with Gasteiger partial charge < -0.3 is 10.4 Å². The molecule has 20 heavy (non-hydrogen) atoms. The molecular formula is C12H13ClN2O5. The number of aliphatic carboxylic acids is 1. The molecule has 0 heterocycles. The topological polar surface area (TPSA) is 110 Å². The van der Waals surface area contributed by atoms with Gasteiger partial charge in [0.25, 0.3) is 5.91 Å². The Kier molecular flexibility index (Phi) is 5.45. The Labute approximate surface area is 119 Å². The summed E-state index contributed by atoms with van der Waals surface area (Å²) in [5, 5.41) is 21.8. The van der Waals surface area contributed by atoms with Gasteiger partial charge in [-0.25, -0.2) is 0 Å². The first-order valence-electron chi connectivity index (χ1n) is 5.78. The molecule has 108 valence electrons. The zero-order chi connectivity index (χ0) is 15.3. The fraction of sp³-hybridized carbons (Fsp3) is 0.333. The highest BCUT2D eigenvalue weighted by molar-refractivity contribution is 6.33. The molecule has 8 heteroatoms. The summed E-state index contributed by atoms with van der Waals surface area (Å²) in [6.07, 6.45) is 0.133. The van der Waals surface area contributed by atoms with E-state index in [0.717, 1.165) is 0 Å². The van der Waals surface area contributed by atoms with Crippen LogP contribution in [0.3, 0.4) is 0 Å². The van der Waals surface area contributed by atoms with Gasteiger partial charge in [0.1, 0.15) is 10.6 Å². The Hall–Kier alpha value is -2.15. The number of nitrogens with zero attached hydrogens (tertiary/aromatic N) is 1. The maximum absolute atomic E-state index is 12.0. The minimum atomic E-state index is -0.972. The van der Waals surface area contributed by atoms with Crippen molar-refractivity contribution in [2.75, 3.05) is 0 Å². The minimum Gasteiger partial charge on any atom is -0.481 e. The van der Waals surface area contributed by atoms with Crippen LogP contribution in [0.5, 0.6) is 0 Å². The number of nitrogens with one attached hydrogen (secondary N) is 1. The van der Waals surface area contributed by atoms with Crippen molar-refractivity contribution >= 4 is 29.2 Å². The number of carbonyl (C=O) groups is 2. The van der Waals surface area contributed by atoms with Gasteiger partial charge in [-0.15, -0.1) is 0 Å². The van der Waals surface area contributed by atoms with Gasteiger partial charge in [0, 0.05) is 12.5 Å². The molecule has 1 rings (SSSR count). The number of nitro groups is 1. The van der Waals surface area contributed by atoms with Gasteiger partial charge in [-0.05, 0) is 25.5 Å². The molecule has 0 aliphatic carbocycles. The van der Waals surface area contributed by atoms with Crippen LogP contribution >= 0.6 is 11.6 Å². The number of halogens is 1. The monoisotopic (exact) mass is 300 g/mol. The van der Waals surface area contributed by atoms with Gasteiger partial charge in [-0.2, -0.15) is 0 Å². The number of carbonyl (C=O) groups excluding carboxylic acids is 1. The van der Waals surface area contributed by atoms with Crippen molar-refractivity contribution in [2.24, 2.45) is 0 Å². The predicted octanol–water partition coefficient (Wildman–Crippen LogP) is 2.23. The van der Waals surface area contributed by atoms with Gasteiger partial charge in [-0.3, -0.25) is 19.7 Å². The molecule has 1 unspecified atom stereocenters. The number of carboxylic acids is 1. The molecule has 1 aromatic carbocycles. The molecule has 0 aromatic heterocycles. The molecule has 0 saturated carbocycles. The molecule has 1 amide bonds. The van der Waals surface area contributed by atoms with Crippen LogP contribution in [-0.4, -0.2) is 27.9 Å². The second-order valence-corrected chi connectivity index (χ2v) is 4.61. The lowest BCUT2D eigenvalue weighted by Crippen LogP contribution is -2.33. The van der Waals surface area contributed by atoms with Crippen LogP contribution in [0.15, 0.2) is 18.2 Å². The molecule has 0 fully saturated rings. The first kappa shape index (κ1) is 15.9. The Bertz CT molecular complexity index is 547. The highest BCUT2D eigenvalue weighted by Gasteiger charge is 2.24. The largest absolute Gasteiger partial charge is 0.481 e. The summed E-state index contributed by atoms with van der Waals surface area (Å²) >= 11 is 5.71. The number of rotatable bonds is 6. The van der Waals surface area contributed by atoms with Crippen molar-refractivity contribution in [1.82, 2.24) is 5.32 Å². The van der Waals surface area contributed by atoms with Crippen molar-refractivity contribution in [3.63, 3.8) is 0 Å². The van der Waals surface area contributed by atoms with E-state index in [4.69, 9.17) is 16.7 Å². The van der Waals surface area contributed by atoms with Crippen molar-refractivity contribution in [2.45, 2.75) is 25.8 Å². The highest BCUT2D eigenvalue weighted by atomic mass is 35.5. The average molecular weight is 301 g/mol. The van der Waals surface area contributed by atoms with Gasteiger partial charge in [0.2, 0.25) is 0 Å². The summed E-state index contributed by atoms with van der Waals surface area (Å²) < 4.78 is 0. The number of nitro benzene ring substituents is 1. The molecule has 2 N–H and O–H groups in total. The standard InChI is InChI=1S/C12H13ClN2O5/c1-7(5-6-10(16)17)14-12(18)8-3-2-4-9(13)11(8)15(19)20/h2-4,7H,5-6H2,1H3,(H,14,18)(H,16,17). The van der Waals surface area contributed by atoms with Crippen molar-refractivity contribution < 1.29 is 19.6 Å². The second kappa shape index (κ2) is 6.85. The van der Waals surface area contributed by atoms with E-state index in [1.165, 1.54) is 18.2 Å². The van der Waals surface area contributed by atoms with Gasteiger partial charge >= 0.3 is 11.7 Å². The SMILES string of the molecule is CC(CCC(=O)O)NC(=O)c1cccc(Cl)c1[N+](=O)[O-]. The van der Waals surface area contributed by atoms with Crippen LogP contribution in [0.1, 0.15) is 30.1 Å². The number of benzene rings is 1. The lowest BCUT2D eigenvalue weighted by atomic mass is 10.1. The Morgan fingerprint density at radius 1 is 1.50 bits per heavy atom. The molecule has 0 radical (unpaired) electrons. The van der Waals surface area contributed by atoms with Crippen LogP contribution in [0, 0.1) is 10.1 Å². The number of hydrogen-bond donors (Lipinski definition) is 2. The third-order valence-electron chi connectivity index (χ3n) is 2.58. The Morgan fingerprint density at radius 2 is 2.15 bits per heavy atom. The zero-order valence-electron chi connectivity index (χ0n) is 10.6. The molecule has 0 bridgehead atoms. The van der Waals surface area contributed by atoms with E-state index in [1.54, 1.807) is 6.92 Å². The van der Waals surface area contributed by atoms with Gasteiger partial charge in [-0.1, -0.05) is 17.7 Å². The number of amides is 1. The lowest BCUT2D eigenvalue weighted by Gasteiger charge is -2.13. The van der Waals surface area contributed by atoms with Crippen LogP contribution in [-0.2, 0) is 4.79 Å². The first-order valence-corrected chi connectivity index (χ1v) is 6.16. The van der Waals surface area contributed by atoms with Gasteiger partial charge in [0.15, 0.2) is 0 Å². The lowest BCUT2D eigenvalue weighted by molar-refractivity contribution is -0.385. The van der Waals surface area contributed by atoms with E-state index in [0.29, 0.717) is 0 Å². The molecular weight excluding hydrogens is 288 g/mol. The summed E-state index contributed by atoms with van der Waals surface area (Å²) in [5.74, 6) is -1.63. The van der Waals surface area contributed by atoms with E-state index >= 15 is 0 Å².